The first-order chi connectivity index (χ1) is 5.77. The van der Waals surface area contributed by atoms with Crippen LogP contribution in [0.2, 0.25) is 0 Å². The summed E-state index contributed by atoms with van der Waals surface area (Å²) in [6.45, 7) is 6.23. The van der Waals surface area contributed by atoms with Crippen molar-refractivity contribution in [2.75, 3.05) is 0 Å². The molecule has 64 valence electrons. The van der Waals surface area contributed by atoms with Gasteiger partial charge in [-0.15, -0.1) is 0 Å². The van der Waals surface area contributed by atoms with Gasteiger partial charge >= 0.3 is 0 Å². The molecule has 0 radical (unpaired) electrons. The van der Waals surface area contributed by atoms with E-state index in [0.717, 1.165) is 11.8 Å². The number of rotatable bonds is 1. The maximum absolute atomic E-state index is 4.33. The predicted molar refractivity (Wildman–Crippen MR) is 53.1 cm³/mol. The third-order valence-corrected chi connectivity index (χ3v) is 1.78. The molecule has 0 unspecified atom stereocenters. The molecule has 0 atom stereocenters. The van der Waals surface area contributed by atoms with E-state index >= 15 is 0 Å². The molecule has 0 aromatic carbocycles. The fraction of sp³-hybridized carbons (Fsp3) is 0.364. The Kier molecular flexibility index (Phi) is 3.03. The standard InChI is InChI=1S/C11H15N/c1-4-6-10-7-9(3)8-12-11(10)5-2/h5-8H,4H2,1-3H3/b10-6-,11-5+. The van der Waals surface area contributed by atoms with E-state index in [1.807, 2.05) is 19.2 Å². The van der Waals surface area contributed by atoms with Crippen molar-refractivity contribution in [2.24, 2.45) is 0 Å². The van der Waals surface area contributed by atoms with Crippen molar-refractivity contribution in [3.8, 4) is 0 Å². The summed E-state index contributed by atoms with van der Waals surface area (Å²) in [5.41, 5.74) is 1.22. The largest absolute Gasteiger partial charge is 0.256 e. The van der Waals surface area contributed by atoms with Crippen LogP contribution >= 0.6 is 0 Å². The van der Waals surface area contributed by atoms with E-state index in [2.05, 4.69) is 31.0 Å². The van der Waals surface area contributed by atoms with Crippen molar-refractivity contribution in [1.82, 2.24) is 4.98 Å². The maximum atomic E-state index is 4.33. The van der Waals surface area contributed by atoms with Crippen LogP contribution in [0.4, 0.5) is 0 Å². The van der Waals surface area contributed by atoms with Crippen molar-refractivity contribution in [2.45, 2.75) is 27.2 Å². The Morgan fingerprint density at radius 1 is 1.50 bits per heavy atom. The topological polar surface area (TPSA) is 12.9 Å². The summed E-state index contributed by atoms with van der Waals surface area (Å²) in [5, 5.41) is 2.34. The Balaban J connectivity index is 3.43. The highest BCUT2D eigenvalue weighted by Crippen LogP contribution is 1.84. The normalized spacial score (nSPS) is 13.9. The SMILES string of the molecule is C/C=c1/ncc(C)c/c1=C/CC. The average Bonchev–Trinajstić information content (AvgIpc) is 2.05. The number of nitrogens with zero attached hydrogens (tertiary/aromatic N) is 1. The zero-order chi connectivity index (χ0) is 8.97. The molecule has 0 spiro atoms. The monoisotopic (exact) mass is 161 g/mol. The Labute approximate surface area is 73.5 Å². The summed E-state index contributed by atoms with van der Waals surface area (Å²) < 4.78 is 0. The van der Waals surface area contributed by atoms with E-state index < -0.39 is 0 Å². The number of aryl methyl sites for hydroxylation is 1. The van der Waals surface area contributed by atoms with E-state index in [4.69, 9.17) is 0 Å². The quantitative estimate of drug-likeness (QED) is 0.606. The van der Waals surface area contributed by atoms with Crippen LogP contribution in [0, 0.1) is 6.92 Å². The molecule has 0 fully saturated rings. The number of hydrogen-bond acceptors (Lipinski definition) is 1. The second-order valence-corrected chi connectivity index (χ2v) is 2.89. The van der Waals surface area contributed by atoms with Crippen molar-refractivity contribution < 1.29 is 0 Å². The summed E-state index contributed by atoms with van der Waals surface area (Å²) in [7, 11) is 0. The summed E-state index contributed by atoms with van der Waals surface area (Å²) in [6.07, 6.45) is 7.21. The molecule has 0 aliphatic rings. The fourth-order valence-electron chi connectivity index (χ4n) is 1.23. The highest BCUT2D eigenvalue weighted by atomic mass is 14.6. The van der Waals surface area contributed by atoms with Crippen LogP contribution in [0.1, 0.15) is 25.8 Å². The van der Waals surface area contributed by atoms with Crippen LogP contribution in [0.15, 0.2) is 12.3 Å². The zero-order valence-corrected chi connectivity index (χ0v) is 7.96. The number of hydrogen-bond donors (Lipinski definition) is 0. The lowest BCUT2D eigenvalue weighted by atomic mass is 10.2. The van der Waals surface area contributed by atoms with Crippen LogP contribution in [-0.4, -0.2) is 4.98 Å². The summed E-state index contributed by atoms with van der Waals surface area (Å²) in [4.78, 5) is 4.33. The molecular formula is C11H15N. The first-order valence-electron chi connectivity index (χ1n) is 4.37. The van der Waals surface area contributed by atoms with Gasteiger partial charge in [-0.2, -0.15) is 0 Å². The number of pyridine rings is 1. The predicted octanol–water partition coefficient (Wildman–Crippen LogP) is 1.38. The molecule has 1 aromatic heterocycles. The molecule has 12 heavy (non-hydrogen) atoms. The van der Waals surface area contributed by atoms with Gasteiger partial charge in [0.1, 0.15) is 0 Å². The van der Waals surface area contributed by atoms with Crippen molar-refractivity contribution in [1.29, 1.82) is 0 Å². The molecule has 0 saturated carbocycles. The zero-order valence-electron chi connectivity index (χ0n) is 7.96. The first kappa shape index (κ1) is 8.98. The van der Waals surface area contributed by atoms with Gasteiger partial charge in [0.2, 0.25) is 0 Å². The lowest BCUT2D eigenvalue weighted by molar-refractivity contribution is 1.16. The molecular weight excluding hydrogens is 146 g/mol. The van der Waals surface area contributed by atoms with Crippen LogP contribution in [-0.2, 0) is 0 Å². The van der Waals surface area contributed by atoms with Gasteiger partial charge in [0.05, 0.1) is 5.35 Å². The van der Waals surface area contributed by atoms with Crippen LogP contribution in [0.25, 0.3) is 12.2 Å². The molecule has 1 aromatic rings. The highest BCUT2D eigenvalue weighted by molar-refractivity contribution is 5.28. The van der Waals surface area contributed by atoms with E-state index in [-0.39, 0.29) is 0 Å². The minimum Gasteiger partial charge on any atom is -0.256 e. The Hall–Kier alpha value is -1.11. The van der Waals surface area contributed by atoms with Gasteiger partial charge in [-0.25, -0.2) is 0 Å². The summed E-state index contributed by atoms with van der Waals surface area (Å²) in [5.74, 6) is 0. The van der Waals surface area contributed by atoms with Crippen molar-refractivity contribution >= 4 is 12.2 Å². The van der Waals surface area contributed by atoms with Crippen LogP contribution in [0.5, 0.6) is 0 Å². The van der Waals surface area contributed by atoms with Gasteiger partial charge < -0.3 is 0 Å². The Morgan fingerprint density at radius 3 is 2.83 bits per heavy atom. The van der Waals surface area contributed by atoms with Crippen LogP contribution < -0.4 is 10.6 Å². The minimum atomic E-state index is 1.06. The van der Waals surface area contributed by atoms with Gasteiger partial charge in [-0.1, -0.05) is 19.1 Å². The lowest BCUT2D eigenvalue weighted by Gasteiger charge is -1.92. The Morgan fingerprint density at radius 2 is 2.25 bits per heavy atom. The molecule has 1 nitrogen and oxygen atoms in total. The molecule has 0 aliphatic carbocycles. The molecule has 0 saturated heterocycles. The smallest absolute Gasteiger partial charge is 0.0656 e. The average molecular weight is 161 g/mol. The molecule has 0 aliphatic heterocycles. The van der Waals surface area contributed by atoms with Gasteiger partial charge in [0, 0.05) is 6.20 Å². The maximum Gasteiger partial charge on any atom is 0.0656 e. The lowest BCUT2D eigenvalue weighted by Crippen LogP contribution is -2.27. The van der Waals surface area contributed by atoms with Gasteiger partial charge in [-0.3, -0.25) is 4.98 Å². The Bertz CT molecular complexity index is 363. The van der Waals surface area contributed by atoms with Gasteiger partial charge in [0.15, 0.2) is 0 Å². The molecule has 1 rings (SSSR count). The van der Waals surface area contributed by atoms with Gasteiger partial charge in [0.25, 0.3) is 0 Å². The summed E-state index contributed by atoms with van der Waals surface area (Å²) in [6, 6.07) is 2.17. The summed E-state index contributed by atoms with van der Waals surface area (Å²) >= 11 is 0. The first-order valence-corrected chi connectivity index (χ1v) is 4.37. The molecule has 0 bridgehead atoms. The fourth-order valence-corrected chi connectivity index (χ4v) is 1.23. The second-order valence-electron chi connectivity index (χ2n) is 2.89. The molecule has 1 heteroatoms. The van der Waals surface area contributed by atoms with E-state index in [1.54, 1.807) is 0 Å². The van der Waals surface area contributed by atoms with E-state index in [9.17, 15) is 0 Å². The molecule has 0 N–H and O–H groups in total. The minimum absolute atomic E-state index is 1.06. The second kappa shape index (κ2) is 4.05. The van der Waals surface area contributed by atoms with Crippen molar-refractivity contribution in [3.05, 3.63) is 28.4 Å². The van der Waals surface area contributed by atoms with E-state index in [0.29, 0.717) is 0 Å². The third-order valence-electron chi connectivity index (χ3n) is 1.78. The van der Waals surface area contributed by atoms with Crippen molar-refractivity contribution in [3.63, 3.8) is 0 Å². The van der Waals surface area contributed by atoms with E-state index in [1.165, 1.54) is 10.8 Å². The number of aromatic nitrogens is 1. The molecule has 1 heterocycles. The molecule has 0 amide bonds. The highest BCUT2D eigenvalue weighted by Gasteiger charge is 1.86. The van der Waals surface area contributed by atoms with Crippen LogP contribution in [0.3, 0.4) is 0 Å². The third kappa shape index (κ3) is 1.94. The van der Waals surface area contributed by atoms with Gasteiger partial charge in [-0.05, 0) is 37.1 Å².